The largest absolute Gasteiger partial charge is 0.311 e. The fourth-order valence-electron chi connectivity index (χ4n) is 3.10. The van der Waals surface area contributed by atoms with Gasteiger partial charge in [-0.1, -0.05) is 58.2 Å². The lowest BCUT2D eigenvalue weighted by molar-refractivity contribution is 1.25. The quantitative estimate of drug-likeness (QED) is 0.325. The molecule has 0 spiro atoms. The Kier molecular flexibility index (Phi) is 11.9. The second kappa shape index (κ2) is 13.5. The van der Waals surface area contributed by atoms with E-state index in [0.29, 0.717) is 0 Å². The van der Waals surface area contributed by atoms with Crippen molar-refractivity contribution in [2.24, 2.45) is 0 Å². The van der Waals surface area contributed by atoms with E-state index >= 15 is 0 Å². The minimum absolute atomic E-state index is 0.0275. The van der Waals surface area contributed by atoms with Gasteiger partial charge in [-0.15, -0.1) is 0 Å². The highest BCUT2D eigenvalue weighted by Crippen LogP contribution is 2.49. The number of rotatable bonds is 6. The van der Waals surface area contributed by atoms with Crippen molar-refractivity contribution in [2.45, 2.75) is 51.3 Å². The Morgan fingerprint density at radius 3 is 1.47 bits per heavy atom. The first-order valence-corrected chi connectivity index (χ1v) is 16.0. The molecule has 32 heavy (non-hydrogen) atoms. The molecule has 0 heterocycles. The molecule has 1 atom stereocenters. The zero-order valence-corrected chi connectivity index (χ0v) is 23.2. The molecule has 0 amide bonds. The zero-order valence-electron chi connectivity index (χ0n) is 21.6. The number of benzene rings is 3. The third-order valence-electron chi connectivity index (χ3n) is 5.24. The van der Waals surface area contributed by atoms with E-state index in [9.17, 15) is 0 Å². The highest BCUT2D eigenvalue weighted by molar-refractivity contribution is 8.32. The van der Waals surface area contributed by atoms with Gasteiger partial charge >= 0.3 is 0 Å². The molecular formula is C29H43NS2. The Morgan fingerprint density at radius 1 is 0.719 bits per heavy atom. The van der Waals surface area contributed by atoms with E-state index in [1.165, 1.54) is 38.2 Å². The van der Waals surface area contributed by atoms with Crippen LogP contribution in [0.3, 0.4) is 0 Å². The molecule has 1 unspecified atom stereocenters. The summed E-state index contributed by atoms with van der Waals surface area (Å²) in [5, 5.41) is 0. The van der Waals surface area contributed by atoms with Crippen molar-refractivity contribution in [3.8, 4) is 0 Å². The molecule has 0 aromatic heterocycles. The van der Waals surface area contributed by atoms with E-state index < -0.39 is 10.0 Å². The van der Waals surface area contributed by atoms with Crippen LogP contribution in [-0.4, -0.2) is 30.4 Å². The summed E-state index contributed by atoms with van der Waals surface area (Å²) < 4.78 is 0. The molecule has 0 saturated carbocycles. The lowest BCUT2D eigenvalue weighted by atomic mass is 10.1. The van der Waals surface area contributed by atoms with Crippen LogP contribution in [0, 0.1) is 6.92 Å². The van der Waals surface area contributed by atoms with Crippen molar-refractivity contribution < 1.29 is 0 Å². The minimum Gasteiger partial charge on any atom is -0.311 e. The fourth-order valence-corrected chi connectivity index (χ4v) is 4.91. The van der Waals surface area contributed by atoms with E-state index in [1.807, 2.05) is 27.7 Å². The maximum Gasteiger partial charge on any atom is 0.0462 e. The predicted octanol–water partition coefficient (Wildman–Crippen LogP) is 9.65. The van der Waals surface area contributed by atoms with Crippen LogP contribution in [0.25, 0.3) is 0 Å². The summed E-state index contributed by atoms with van der Waals surface area (Å²) in [7, 11) is -0.688. The number of anilines is 3. The number of aryl methyl sites for hydroxylation is 1. The van der Waals surface area contributed by atoms with Gasteiger partial charge in [-0.3, -0.25) is 0 Å². The summed E-state index contributed by atoms with van der Waals surface area (Å²) >= 11 is 0. The first kappa shape index (κ1) is 28.1. The highest BCUT2D eigenvalue weighted by Gasteiger charge is 2.15. The molecule has 1 nitrogen and oxygen atoms in total. The molecular weight excluding hydrogens is 426 g/mol. The van der Waals surface area contributed by atoms with Gasteiger partial charge in [-0.05, 0) is 97.0 Å². The minimum atomic E-state index is -0.715. The summed E-state index contributed by atoms with van der Waals surface area (Å²) in [5.74, 6) is 5.37. The average molecular weight is 470 g/mol. The van der Waals surface area contributed by atoms with Crippen molar-refractivity contribution in [1.82, 2.24) is 0 Å². The molecule has 3 heteroatoms. The molecule has 0 saturated heterocycles. The third kappa shape index (κ3) is 7.28. The van der Waals surface area contributed by atoms with Crippen LogP contribution in [0.4, 0.5) is 17.1 Å². The van der Waals surface area contributed by atoms with Crippen LogP contribution in [0.15, 0.2) is 82.6 Å². The van der Waals surface area contributed by atoms with Crippen LogP contribution < -0.4 is 4.90 Å². The molecule has 0 N–H and O–H groups in total. The van der Waals surface area contributed by atoms with E-state index in [0.717, 1.165) is 0 Å². The van der Waals surface area contributed by atoms with Crippen molar-refractivity contribution in [1.29, 1.82) is 0 Å². The van der Waals surface area contributed by atoms with Gasteiger partial charge in [0, 0.05) is 22.0 Å². The van der Waals surface area contributed by atoms with Gasteiger partial charge in [-0.2, -0.15) is 10.5 Å². The van der Waals surface area contributed by atoms with Gasteiger partial charge < -0.3 is 4.90 Å². The second-order valence-corrected chi connectivity index (χ2v) is 13.5. The molecule has 0 aliphatic carbocycles. The maximum absolute atomic E-state index is 4.17. The number of nitrogens with zero attached hydrogens (tertiary/aromatic N) is 1. The average Bonchev–Trinajstić information content (AvgIpc) is 2.84. The molecule has 3 rings (SSSR count). The van der Waals surface area contributed by atoms with Gasteiger partial charge in [0.2, 0.25) is 0 Å². The molecule has 3 aromatic carbocycles. The first-order chi connectivity index (χ1) is 15.3. The van der Waals surface area contributed by atoms with E-state index in [2.05, 4.69) is 116 Å². The summed E-state index contributed by atoms with van der Waals surface area (Å²) in [5.41, 5.74) is 4.82. The van der Waals surface area contributed by atoms with Gasteiger partial charge in [0.15, 0.2) is 0 Å². The zero-order chi connectivity index (χ0) is 24.3. The Hall–Kier alpha value is -1.97. The van der Waals surface area contributed by atoms with Gasteiger partial charge in [0.1, 0.15) is 0 Å². The summed E-state index contributed by atoms with van der Waals surface area (Å²) in [6.45, 7) is 12.4. The Morgan fingerprint density at radius 2 is 1.09 bits per heavy atom. The SMILES string of the molecule is C=S(C)c1ccc(N(c2ccc(C)cc2)c2ccc(S(C)(C)CC)cc2)cc1.CC.CC. The van der Waals surface area contributed by atoms with Crippen LogP contribution in [0.2, 0.25) is 0 Å². The topological polar surface area (TPSA) is 3.24 Å². The second-order valence-electron chi connectivity index (χ2n) is 7.62. The van der Waals surface area contributed by atoms with Crippen LogP contribution in [-0.2, 0) is 0 Å². The van der Waals surface area contributed by atoms with Gasteiger partial charge in [0.05, 0.1) is 0 Å². The maximum atomic E-state index is 4.17. The van der Waals surface area contributed by atoms with E-state index in [4.69, 9.17) is 0 Å². The Balaban J connectivity index is 0.00000121. The number of hydrogen-bond donors (Lipinski definition) is 0. The monoisotopic (exact) mass is 469 g/mol. The first-order valence-electron chi connectivity index (χ1n) is 11.6. The Bertz CT molecular complexity index is 940. The highest BCUT2D eigenvalue weighted by atomic mass is 32.3. The lowest BCUT2D eigenvalue weighted by Gasteiger charge is -2.31. The van der Waals surface area contributed by atoms with E-state index in [1.54, 1.807) is 0 Å². The predicted molar refractivity (Wildman–Crippen MR) is 156 cm³/mol. The smallest absolute Gasteiger partial charge is 0.0462 e. The van der Waals surface area contributed by atoms with Crippen molar-refractivity contribution >= 4 is 43.4 Å². The van der Waals surface area contributed by atoms with Gasteiger partial charge in [0.25, 0.3) is 0 Å². The van der Waals surface area contributed by atoms with Crippen LogP contribution in [0.1, 0.15) is 40.2 Å². The third-order valence-corrected chi connectivity index (χ3v) is 9.31. The molecule has 0 aliphatic heterocycles. The van der Waals surface area contributed by atoms with Crippen molar-refractivity contribution in [3.05, 3.63) is 78.4 Å². The van der Waals surface area contributed by atoms with Gasteiger partial charge in [-0.25, -0.2) is 10.0 Å². The van der Waals surface area contributed by atoms with Crippen LogP contribution in [0.5, 0.6) is 0 Å². The van der Waals surface area contributed by atoms with Crippen molar-refractivity contribution in [2.75, 3.05) is 29.4 Å². The van der Waals surface area contributed by atoms with Crippen molar-refractivity contribution in [3.63, 3.8) is 0 Å². The molecule has 0 aliphatic rings. The molecule has 0 radical (unpaired) electrons. The van der Waals surface area contributed by atoms with Crippen LogP contribution >= 0.6 is 20.5 Å². The molecule has 0 fully saturated rings. The Labute approximate surface area is 202 Å². The molecule has 3 aromatic rings. The van der Waals surface area contributed by atoms with E-state index in [-0.39, 0.29) is 10.5 Å². The molecule has 176 valence electrons. The fraction of sp³-hybridized carbons (Fsp3) is 0.345. The lowest BCUT2D eigenvalue weighted by Crippen LogP contribution is -2.10. The normalized spacial score (nSPS) is 11.9. The summed E-state index contributed by atoms with van der Waals surface area (Å²) in [4.78, 5) is 5.08. The summed E-state index contributed by atoms with van der Waals surface area (Å²) in [6, 6.07) is 26.7. The standard InChI is InChI=1S/C25H31NS2.2C2H6/c1-7-28(5,6)25-18-14-23(15-19-25)26(21-10-8-20(2)9-11-21)22-12-16-24(17-13-22)27(3)4;2*1-2/h8-19H,3,7H2,1-2,4-6H3;2*1-2H3. The number of hydrogen-bond acceptors (Lipinski definition) is 1. The summed E-state index contributed by atoms with van der Waals surface area (Å²) in [6.07, 6.45) is 6.93. The molecule has 0 bridgehead atoms.